The second kappa shape index (κ2) is 5.81. The molecule has 2 aromatic rings. The minimum atomic E-state index is -0.427. The van der Waals surface area contributed by atoms with Gasteiger partial charge in [-0.2, -0.15) is 5.10 Å². The molecule has 0 unspecified atom stereocenters. The third-order valence-corrected chi connectivity index (χ3v) is 2.87. The van der Waals surface area contributed by atoms with Gasteiger partial charge in [-0.15, -0.1) is 0 Å². The maximum Gasteiger partial charge on any atom is 0.275 e. The molecule has 0 fully saturated rings. The lowest BCUT2D eigenvalue weighted by Crippen LogP contribution is -2.14. The molecule has 0 saturated carbocycles. The number of rotatable bonds is 5. The summed E-state index contributed by atoms with van der Waals surface area (Å²) < 4.78 is 1.71. The second-order valence-corrected chi connectivity index (χ2v) is 4.55. The molecule has 0 bridgehead atoms. The average Bonchev–Trinajstić information content (AvgIpc) is 2.77. The van der Waals surface area contributed by atoms with E-state index < -0.39 is 4.92 Å². The van der Waals surface area contributed by atoms with Crippen LogP contribution < -0.4 is 5.32 Å². The number of hydrogen-bond acceptors (Lipinski definition) is 4. The van der Waals surface area contributed by atoms with Crippen molar-refractivity contribution in [3.8, 4) is 0 Å². The molecule has 19 heavy (non-hydrogen) atoms. The van der Waals surface area contributed by atoms with Crippen LogP contribution in [-0.4, -0.2) is 14.7 Å². The number of aromatic nitrogens is 2. The van der Waals surface area contributed by atoms with E-state index in [2.05, 4.69) is 10.4 Å². The molecule has 7 heteroatoms. The fraction of sp³-hybridized carbons (Fsp3) is 0.250. The van der Waals surface area contributed by atoms with Crippen LogP contribution in [0.3, 0.4) is 0 Å². The van der Waals surface area contributed by atoms with Crippen LogP contribution in [-0.2, 0) is 20.1 Å². The topological polar surface area (TPSA) is 73.0 Å². The number of hydrogen-bond donors (Lipinski definition) is 1. The van der Waals surface area contributed by atoms with E-state index in [9.17, 15) is 10.1 Å². The van der Waals surface area contributed by atoms with Crippen molar-refractivity contribution in [2.24, 2.45) is 7.05 Å². The molecule has 0 aliphatic carbocycles. The zero-order valence-corrected chi connectivity index (χ0v) is 11.1. The third-order valence-electron chi connectivity index (χ3n) is 2.63. The van der Waals surface area contributed by atoms with Crippen molar-refractivity contribution in [2.75, 3.05) is 0 Å². The van der Waals surface area contributed by atoms with Crippen LogP contribution in [0, 0.1) is 10.1 Å². The summed E-state index contributed by atoms with van der Waals surface area (Å²) in [5.74, 6) is 0. The molecule has 0 saturated heterocycles. The number of benzene rings is 1. The molecule has 0 amide bonds. The standard InChI is InChI=1S/C12H13ClN4O2/c1-16-5-4-11(15-16)8-14-7-9-2-3-10(13)6-12(9)17(18)19/h2-6,14H,7-8H2,1H3. The molecule has 2 rings (SSSR count). The van der Waals surface area contributed by atoms with E-state index in [4.69, 9.17) is 11.6 Å². The highest BCUT2D eigenvalue weighted by Crippen LogP contribution is 2.23. The summed E-state index contributed by atoms with van der Waals surface area (Å²) in [5.41, 5.74) is 1.52. The van der Waals surface area contributed by atoms with Crippen molar-refractivity contribution in [3.63, 3.8) is 0 Å². The van der Waals surface area contributed by atoms with Gasteiger partial charge in [-0.25, -0.2) is 0 Å². The minimum absolute atomic E-state index is 0.0287. The van der Waals surface area contributed by atoms with Crippen molar-refractivity contribution in [3.05, 3.63) is 56.9 Å². The van der Waals surface area contributed by atoms with E-state index >= 15 is 0 Å². The van der Waals surface area contributed by atoms with Gasteiger partial charge in [0.25, 0.3) is 5.69 Å². The summed E-state index contributed by atoms with van der Waals surface area (Å²) in [6, 6.07) is 6.56. The molecule has 6 nitrogen and oxygen atoms in total. The van der Waals surface area contributed by atoms with Crippen LogP contribution in [0.25, 0.3) is 0 Å². The quantitative estimate of drug-likeness (QED) is 0.673. The molecular weight excluding hydrogens is 268 g/mol. The highest BCUT2D eigenvalue weighted by Gasteiger charge is 2.13. The van der Waals surface area contributed by atoms with Crippen LogP contribution in [0.4, 0.5) is 5.69 Å². The normalized spacial score (nSPS) is 10.6. The molecule has 0 atom stereocenters. The Hall–Kier alpha value is -1.92. The van der Waals surface area contributed by atoms with Crippen LogP contribution in [0.1, 0.15) is 11.3 Å². The van der Waals surface area contributed by atoms with Gasteiger partial charge in [-0.1, -0.05) is 11.6 Å². The van der Waals surface area contributed by atoms with Gasteiger partial charge in [0.1, 0.15) is 0 Å². The Kier molecular flexibility index (Phi) is 4.13. The number of nitro groups is 1. The monoisotopic (exact) mass is 280 g/mol. The first-order valence-electron chi connectivity index (χ1n) is 5.68. The Morgan fingerprint density at radius 1 is 1.42 bits per heavy atom. The fourth-order valence-corrected chi connectivity index (χ4v) is 1.91. The van der Waals surface area contributed by atoms with E-state index in [-0.39, 0.29) is 5.69 Å². The summed E-state index contributed by atoms with van der Waals surface area (Å²) in [7, 11) is 1.84. The summed E-state index contributed by atoms with van der Waals surface area (Å²) in [6.45, 7) is 0.949. The Bertz CT molecular complexity index is 597. The molecule has 1 heterocycles. The molecule has 0 aliphatic heterocycles. The van der Waals surface area contributed by atoms with Gasteiger partial charge in [0.15, 0.2) is 0 Å². The highest BCUT2D eigenvalue weighted by molar-refractivity contribution is 6.30. The van der Waals surface area contributed by atoms with Gasteiger partial charge in [0.2, 0.25) is 0 Å². The maximum atomic E-state index is 10.9. The van der Waals surface area contributed by atoms with E-state index in [0.717, 1.165) is 5.69 Å². The van der Waals surface area contributed by atoms with E-state index in [1.54, 1.807) is 16.8 Å². The minimum Gasteiger partial charge on any atom is -0.307 e. The predicted octanol–water partition coefficient (Wildman–Crippen LogP) is 2.27. The number of aryl methyl sites for hydroxylation is 1. The van der Waals surface area contributed by atoms with Gasteiger partial charge in [-0.05, 0) is 18.2 Å². The molecule has 1 aromatic carbocycles. The molecule has 100 valence electrons. The zero-order chi connectivity index (χ0) is 13.8. The third kappa shape index (κ3) is 3.52. The van der Waals surface area contributed by atoms with Gasteiger partial charge in [-0.3, -0.25) is 14.8 Å². The Balaban J connectivity index is 2.01. The van der Waals surface area contributed by atoms with Crippen molar-refractivity contribution in [1.82, 2.24) is 15.1 Å². The molecular formula is C12H13ClN4O2. The smallest absolute Gasteiger partial charge is 0.275 e. The van der Waals surface area contributed by atoms with Gasteiger partial charge >= 0.3 is 0 Å². The van der Waals surface area contributed by atoms with Crippen molar-refractivity contribution in [1.29, 1.82) is 0 Å². The van der Waals surface area contributed by atoms with Crippen LogP contribution in [0.5, 0.6) is 0 Å². The summed E-state index contributed by atoms with van der Waals surface area (Å²) in [5, 5.41) is 18.6. The number of nitro benzene ring substituents is 1. The Morgan fingerprint density at radius 3 is 2.84 bits per heavy atom. The van der Waals surface area contributed by atoms with Gasteiger partial charge in [0, 0.05) is 43.0 Å². The van der Waals surface area contributed by atoms with E-state index in [1.165, 1.54) is 6.07 Å². The fourth-order valence-electron chi connectivity index (χ4n) is 1.74. The SMILES string of the molecule is Cn1ccc(CNCc2ccc(Cl)cc2[N+](=O)[O-])n1. The molecule has 0 radical (unpaired) electrons. The molecule has 0 aliphatic rings. The predicted molar refractivity (Wildman–Crippen MR) is 71.9 cm³/mol. The van der Waals surface area contributed by atoms with Crippen LogP contribution in [0.2, 0.25) is 5.02 Å². The number of nitrogens with one attached hydrogen (secondary N) is 1. The van der Waals surface area contributed by atoms with E-state index in [0.29, 0.717) is 23.7 Å². The number of halogens is 1. The first kappa shape index (κ1) is 13.5. The maximum absolute atomic E-state index is 10.9. The van der Waals surface area contributed by atoms with Crippen LogP contribution >= 0.6 is 11.6 Å². The second-order valence-electron chi connectivity index (χ2n) is 4.11. The van der Waals surface area contributed by atoms with Gasteiger partial charge in [0.05, 0.1) is 10.6 Å². The van der Waals surface area contributed by atoms with Gasteiger partial charge < -0.3 is 5.32 Å². The molecule has 1 N–H and O–H groups in total. The largest absolute Gasteiger partial charge is 0.307 e. The van der Waals surface area contributed by atoms with Crippen molar-refractivity contribution < 1.29 is 4.92 Å². The lowest BCUT2D eigenvalue weighted by molar-refractivity contribution is -0.385. The summed E-state index contributed by atoms with van der Waals surface area (Å²) in [6.07, 6.45) is 1.85. The lowest BCUT2D eigenvalue weighted by Gasteiger charge is -2.04. The van der Waals surface area contributed by atoms with Crippen LogP contribution in [0.15, 0.2) is 30.5 Å². The summed E-state index contributed by atoms with van der Waals surface area (Å²) in [4.78, 5) is 10.5. The highest BCUT2D eigenvalue weighted by atomic mass is 35.5. The first-order chi connectivity index (χ1) is 9.06. The Labute approximate surface area is 115 Å². The summed E-state index contributed by atoms with van der Waals surface area (Å²) >= 11 is 5.76. The zero-order valence-electron chi connectivity index (χ0n) is 10.3. The van der Waals surface area contributed by atoms with Crippen molar-refractivity contribution in [2.45, 2.75) is 13.1 Å². The van der Waals surface area contributed by atoms with E-state index in [1.807, 2.05) is 19.3 Å². The molecule has 1 aromatic heterocycles. The molecule has 0 spiro atoms. The van der Waals surface area contributed by atoms with Crippen molar-refractivity contribution >= 4 is 17.3 Å². The number of nitrogens with zero attached hydrogens (tertiary/aromatic N) is 3. The first-order valence-corrected chi connectivity index (χ1v) is 6.06. The lowest BCUT2D eigenvalue weighted by atomic mass is 10.2. The average molecular weight is 281 g/mol. The Morgan fingerprint density at radius 2 is 2.21 bits per heavy atom.